The van der Waals surface area contributed by atoms with Gasteiger partial charge in [-0.2, -0.15) is 0 Å². The van der Waals surface area contributed by atoms with Crippen LogP contribution in [0, 0.1) is 5.82 Å². The van der Waals surface area contributed by atoms with E-state index in [0.29, 0.717) is 17.9 Å². The molecule has 1 aliphatic rings. The number of carbonyl (C=O) groups excluding carboxylic acids is 1. The summed E-state index contributed by atoms with van der Waals surface area (Å²) >= 11 is 0. The van der Waals surface area contributed by atoms with E-state index < -0.39 is 11.8 Å². The van der Waals surface area contributed by atoms with Crippen molar-refractivity contribution in [3.63, 3.8) is 0 Å². The van der Waals surface area contributed by atoms with Crippen LogP contribution in [0.3, 0.4) is 0 Å². The van der Waals surface area contributed by atoms with E-state index in [9.17, 15) is 9.18 Å². The van der Waals surface area contributed by atoms with Gasteiger partial charge in [0.25, 0.3) is 0 Å². The Balaban J connectivity index is 1.93. The van der Waals surface area contributed by atoms with Crippen LogP contribution in [0.2, 0.25) is 0 Å². The predicted octanol–water partition coefficient (Wildman–Crippen LogP) is 4.13. The summed E-state index contributed by atoms with van der Waals surface area (Å²) < 4.78 is 24.6. The number of hydrogen-bond donors (Lipinski definition) is 0. The molecule has 2 aromatic carbocycles. The maximum atomic E-state index is 13.8. The second-order valence-electron chi connectivity index (χ2n) is 5.60. The number of halogens is 1. The lowest BCUT2D eigenvalue weighted by Gasteiger charge is -2.08. The molecule has 1 heterocycles. The zero-order valence-electron chi connectivity index (χ0n) is 13.7. The molecular formula is C20H16FNO3. The molecule has 0 spiro atoms. The SMILES string of the molecule is C=C(C)COc1ccccc1/C=C1/N=C(c2ccccc2F)OC1=O. The monoisotopic (exact) mass is 337 g/mol. The fraction of sp³-hybridized carbons (Fsp3) is 0.100. The van der Waals surface area contributed by atoms with Gasteiger partial charge in [-0.1, -0.05) is 36.9 Å². The first-order valence-corrected chi connectivity index (χ1v) is 7.68. The Bertz CT molecular complexity index is 899. The second kappa shape index (κ2) is 7.13. The van der Waals surface area contributed by atoms with Crippen molar-refractivity contribution in [3.05, 3.63) is 83.3 Å². The third-order valence-corrected chi connectivity index (χ3v) is 3.41. The molecule has 0 unspecified atom stereocenters. The molecule has 126 valence electrons. The first kappa shape index (κ1) is 16.6. The Morgan fingerprint density at radius 3 is 2.72 bits per heavy atom. The molecule has 0 saturated heterocycles. The van der Waals surface area contributed by atoms with E-state index in [1.165, 1.54) is 12.1 Å². The third kappa shape index (κ3) is 3.83. The molecule has 0 amide bonds. The Morgan fingerprint density at radius 1 is 1.24 bits per heavy atom. The lowest BCUT2D eigenvalue weighted by atomic mass is 10.1. The number of para-hydroxylation sites is 1. The minimum absolute atomic E-state index is 0.0466. The Labute approximate surface area is 144 Å². The molecular weight excluding hydrogens is 321 g/mol. The molecule has 0 fully saturated rings. The second-order valence-corrected chi connectivity index (χ2v) is 5.60. The first-order valence-electron chi connectivity index (χ1n) is 7.68. The van der Waals surface area contributed by atoms with Crippen LogP contribution < -0.4 is 4.74 Å². The van der Waals surface area contributed by atoms with Gasteiger partial charge in [-0.25, -0.2) is 14.2 Å². The van der Waals surface area contributed by atoms with Crippen molar-refractivity contribution < 1.29 is 18.7 Å². The normalized spacial score (nSPS) is 15.0. The minimum Gasteiger partial charge on any atom is -0.489 e. The van der Waals surface area contributed by atoms with E-state index in [1.54, 1.807) is 30.3 Å². The standard InChI is InChI=1S/C20H16FNO3/c1-13(2)12-24-18-10-6-3-7-14(18)11-17-20(23)25-19(22-17)15-8-4-5-9-16(15)21/h3-11H,1,12H2,2H3/b17-11+. The Morgan fingerprint density at radius 2 is 1.96 bits per heavy atom. The molecule has 0 atom stereocenters. The summed E-state index contributed by atoms with van der Waals surface area (Å²) in [6, 6.07) is 13.2. The van der Waals surface area contributed by atoms with Gasteiger partial charge in [0.05, 0.1) is 5.56 Å². The van der Waals surface area contributed by atoms with E-state index in [2.05, 4.69) is 11.6 Å². The van der Waals surface area contributed by atoms with Gasteiger partial charge in [-0.3, -0.25) is 0 Å². The van der Waals surface area contributed by atoms with Gasteiger partial charge < -0.3 is 9.47 Å². The Kier molecular flexibility index (Phi) is 4.75. The summed E-state index contributed by atoms with van der Waals surface area (Å²) in [5.41, 5.74) is 1.78. The van der Waals surface area contributed by atoms with Gasteiger partial charge in [-0.05, 0) is 36.8 Å². The van der Waals surface area contributed by atoms with Crippen LogP contribution in [0.25, 0.3) is 6.08 Å². The number of benzene rings is 2. The number of aliphatic imine (C=N–C) groups is 1. The van der Waals surface area contributed by atoms with Gasteiger partial charge in [-0.15, -0.1) is 0 Å². The summed E-state index contributed by atoms with van der Waals surface area (Å²) in [7, 11) is 0. The topological polar surface area (TPSA) is 47.9 Å². The number of cyclic esters (lactones) is 1. The van der Waals surface area contributed by atoms with Crippen LogP contribution in [0.15, 0.2) is 71.4 Å². The Hall–Kier alpha value is -3.21. The molecule has 2 aromatic rings. The molecule has 0 saturated carbocycles. The van der Waals surface area contributed by atoms with Gasteiger partial charge in [0.1, 0.15) is 18.2 Å². The molecule has 0 N–H and O–H groups in total. The molecule has 5 heteroatoms. The van der Waals surface area contributed by atoms with Crippen LogP contribution in [0.4, 0.5) is 4.39 Å². The number of esters is 1. The van der Waals surface area contributed by atoms with E-state index >= 15 is 0 Å². The molecule has 25 heavy (non-hydrogen) atoms. The fourth-order valence-corrected chi connectivity index (χ4v) is 2.24. The number of carbonyl (C=O) groups is 1. The molecule has 1 aliphatic heterocycles. The van der Waals surface area contributed by atoms with Crippen molar-refractivity contribution in [1.29, 1.82) is 0 Å². The lowest BCUT2D eigenvalue weighted by Crippen LogP contribution is -2.07. The number of rotatable bonds is 5. The maximum Gasteiger partial charge on any atom is 0.363 e. The van der Waals surface area contributed by atoms with Crippen LogP contribution in [0.5, 0.6) is 5.75 Å². The highest BCUT2D eigenvalue weighted by atomic mass is 19.1. The van der Waals surface area contributed by atoms with E-state index in [4.69, 9.17) is 9.47 Å². The van der Waals surface area contributed by atoms with Gasteiger partial charge in [0.2, 0.25) is 5.90 Å². The van der Waals surface area contributed by atoms with E-state index in [1.807, 2.05) is 19.1 Å². The average Bonchev–Trinajstić information content (AvgIpc) is 2.95. The van der Waals surface area contributed by atoms with Crippen molar-refractivity contribution in [3.8, 4) is 5.75 Å². The smallest absolute Gasteiger partial charge is 0.363 e. The van der Waals surface area contributed by atoms with E-state index in [0.717, 1.165) is 5.57 Å². The van der Waals surface area contributed by atoms with Crippen LogP contribution in [-0.2, 0) is 9.53 Å². The summed E-state index contributed by atoms with van der Waals surface area (Å²) in [5, 5.41) is 0. The number of ether oxygens (including phenoxy) is 2. The molecule has 4 nitrogen and oxygen atoms in total. The highest BCUT2D eigenvalue weighted by Crippen LogP contribution is 2.25. The zero-order chi connectivity index (χ0) is 17.8. The van der Waals surface area contributed by atoms with Gasteiger partial charge in [0, 0.05) is 5.56 Å². The average molecular weight is 337 g/mol. The van der Waals surface area contributed by atoms with Crippen molar-refractivity contribution in [1.82, 2.24) is 0 Å². The zero-order valence-corrected chi connectivity index (χ0v) is 13.7. The van der Waals surface area contributed by atoms with E-state index in [-0.39, 0.29) is 17.2 Å². The van der Waals surface area contributed by atoms with Gasteiger partial charge in [0.15, 0.2) is 5.70 Å². The quantitative estimate of drug-likeness (QED) is 0.468. The maximum absolute atomic E-state index is 13.8. The van der Waals surface area contributed by atoms with Crippen molar-refractivity contribution in [2.24, 2.45) is 4.99 Å². The number of hydrogen-bond acceptors (Lipinski definition) is 4. The highest BCUT2D eigenvalue weighted by molar-refractivity contribution is 6.13. The largest absolute Gasteiger partial charge is 0.489 e. The molecule has 0 aromatic heterocycles. The predicted molar refractivity (Wildman–Crippen MR) is 93.8 cm³/mol. The summed E-state index contributed by atoms with van der Waals surface area (Å²) in [6.07, 6.45) is 1.56. The van der Waals surface area contributed by atoms with Crippen molar-refractivity contribution in [2.45, 2.75) is 6.92 Å². The van der Waals surface area contributed by atoms with Crippen LogP contribution in [0.1, 0.15) is 18.1 Å². The third-order valence-electron chi connectivity index (χ3n) is 3.41. The summed E-state index contributed by atoms with van der Waals surface area (Å²) in [4.78, 5) is 16.2. The molecule has 3 rings (SSSR count). The van der Waals surface area contributed by atoms with Crippen LogP contribution >= 0.6 is 0 Å². The summed E-state index contributed by atoms with van der Waals surface area (Å²) in [5.74, 6) is -0.580. The molecule has 0 bridgehead atoms. The van der Waals surface area contributed by atoms with Crippen molar-refractivity contribution >= 4 is 17.9 Å². The molecule has 0 radical (unpaired) electrons. The first-order chi connectivity index (χ1) is 12.0. The van der Waals surface area contributed by atoms with Crippen molar-refractivity contribution in [2.75, 3.05) is 6.61 Å². The lowest BCUT2D eigenvalue weighted by molar-refractivity contribution is -0.129. The van der Waals surface area contributed by atoms with Gasteiger partial charge >= 0.3 is 5.97 Å². The fourth-order valence-electron chi connectivity index (χ4n) is 2.24. The summed E-state index contributed by atoms with van der Waals surface area (Å²) in [6.45, 7) is 6.03. The molecule has 0 aliphatic carbocycles. The van der Waals surface area contributed by atoms with Crippen LogP contribution in [-0.4, -0.2) is 18.5 Å². The highest BCUT2D eigenvalue weighted by Gasteiger charge is 2.26. The minimum atomic E-state index is -0.632. The number of nitrogens with zero attached hydrogens (tertiary/aromatic N) is 1.